The third-order valence-electron chi connectivity index (χ3n) is 4.09. The van der Waals surface area contributed by atoms with Gasteiger partial charge in [-0.05, 0) is 63.9 Å². The zero-order valence-corrected chi connectivity index (χ0v) is 14.1. The quantitative estimate of drug-likeness (QED) is 0.326. The Hall–Kier alpha value is -2.07. The van der Waals surface area contributed by atoms with E-state index in [1.165, 1.54) is 31.3 Å². The van der Waals surface area contributed by atoms with Gasteiger partial charge in [-0.15, -0.1) is 0 Å². The number of allylic oxidation sites excluding steroid dienone is 3. The number of carbonyl (C=O) groups is 1. The van der Waals surface area contributed by atoms with E-state index in [4.69, 9.17) is 15.3 Å². The van der Waals surface area contributed by atoms with Crippen LogP contribution in [0.1, 0.15) is 71.1 Å². The number of nitrogens with zero attached hydrogens (tertiary/aromatic N) is 2. The molecule has 0 aromatic heterocycles. The molecule has 0 atom stereocenters. The van der Waals surface area contributed by atoms with Crippen molar-refractivity contribution in [2.24, 2.45) is 0 Å². The molecule has 2 aliphatic rings. The lowest BCUT2D eigenvalue weighted by Crippen LogP contribution is -2.10. The van der Waals surface area contributed by atoms with Crippen molar-refractivity contribution in [2.75, 3.05) is 6.61 Å². The fraction of sp³-hybridized carbons (Fsp3) is 0.632. The van der Waals surface area contributed by atoms with E-state index in [-0.39, 0.29) is 5.57 Å². The van der Waals surface area contributed by atoms with Crippen LogP contribution in [-0.4, -0.2) is 12.6 Å². The first-order valence-electron chi connectivity index (χ1n) is 8.57. The average Bonchev–Trinajstić information content (AvgIpc) is 2.59. The molecule has 0 radical (unpaired) electrons. The Morgan fingerprint density at radius 2 is 1.83 bits per heavy atom. The maximum atomic E-state index is 11.4. The van der Waals surface area contributed by atoms with Crippen molar-refractivity contribution in [1.82, 2.24) is 0 Å². The summed E-state index contributed by atoms with van der Waals surface area (Å²) in [6, 6.07) is 4.13. The number of nitriles is 2. The van der Waals surface area contributed by atoms with E-state index in [2.05, 4.69) is 12.1 Å². The zero-order chi connectivity index (χ0) is 16.9. The van der Waals surface area contributed by atoms with E-state index in [9.17, 15) is 4.79 Å². The van der Waals surface area contributed by atoms with Gasteiger partial charge >= 0.3 is 5.97 Å². The lowest BCUT2D eigenvalue weighted by atomic mass is 9.91. The maximum Gasteiger partial charge on any atom is 0.348 e. The molecule has 0 bridgehead atoms. The summed E-state index contributed by atoms with van der Waals surface area (Å²) in [6.45, 7) is 2.08. The predicted molar refractivity (Wildman–Crippen MR) is 89.1 cm³/mol. The maximum absolute atomic E-state index is 11.4. The molecule has 1 fully saturated rings. The van der Waals surface area contributed by atoms with Crippen molar-refractivity contribution < 1.29 is 9.53 Å². The predicted octanol–water partition coefficient (Wildman–Crippen LogP) is 4.73. The summed E-state index contributed by atoms with van der Waals surface area (Å²) in [5.74, 6) is -0.452. The van der Waals surface area contributed by atoms with E-state index in [0.29, 0.717) is 13.0 Å². The smallest absolute Gasteiger partial charge is 0.348 e. The van der Waals surface area contributed by atoms with Gasteiger partial charge in [0.1, 0.15) is 11.6 Å². The van der Waals surface area contributed by atoms with Crippen molar-refractivity contribution in [3.8, 4) is 12.1 Å². The summed E-state index contributed by atoms with van der Waals surface area (Å²) in [7, 11) is 0. The lowest BCUT2D eigenvalue weighted by Gasteiger charge is -2.14. The molecule has 0 unspecified atom stereocenters. The summed E-state index contributed by atoms with van der Waals surface area (Å²) in [4.78, 5) is 11.4. The minimum absolute atomic E-state index is 0.242. The van der Waals surface area contributed by atoms with E-state index in [1.54, 1.807) is 6.92 Å². The molecule has 0 saturated heterocycles. The second kappa shape index (κ2) is 11.5. The van der Waals surface area contributed by atoms with Crippen LogP contribution in [0.4, 0.5) is 0 Å². The van der Waals surface area contributed by atoms with Crippen LogP contribution < -0.4 is 0 Å². The fourth-order valence-electron chi connectivity index (χ4n) is 2.87. The van der Waals surface area contributed by atoms with Gasteiger partial charge in [-0.3, -0.25) is 0 Å². The van der Waals surface area contributed by atoms with Gasteiger partial charge in [-0.1, -0.05) is 18.1 Å². The van der Waals surface area contributed by atoms with Crippen LogP contribution in [0.5, 0.6) is 0 Å². The molecule has 2 rings (SSSR count). The first kappa shape index (κ1) is 19.0. The summed E-state index contributed by atoms with van der Waals surface area (Å²) in [6.07, 6.45) is 12.9. The fourth-order valence-corrected chi connectivity index (χ4v) is 2.87. The van der Waals surface area contributed by atoms with E-state index in [0.717, 1.165) is 37.7 Å². The average molecular weight is 314 g/mol. The number of ether oxygens (including phenoxy) is 1. The molecule has 0 aromatic carbocycles. The Bertz CT molecular complexity index is 525. The lowest BCUT2D eigenvalue weighted by molar-refractivity contribution is -0.138. The minimum atomic E-state index is -0.452. The van der Waals surface area contributed by atoms with Gasteiger partial charge in [0.05, 0.1) is 19.1 Å². The van der Waals surface area contributed by atoms with Gasteiger partial charge in [-0.25, -0.2) is 4.79 Å². The number of hydrogen-bond acceptors (Lipinski definition) is 4. The monoisotopic (exact) mass is 314 g/mol. The van der Waals surface area contributed by atoms with Gasteiger partial charge in [0.25, 0.3) is 0 Å². The third kappa shape index (κ3) is 7.15. The SMILES string of the molecule is CCOC(=O)C(C#N)=C1CCCCC1.N#CCC1=CCCCC1. The van der Waals surface area contributed by atoms with Gasteiger partial charge in [0, 0.05) is 0 Å². The highest BCUT2D eigenvalue weighted by molar-refractivity contribution is 5.93. The van der Waals surface area contributed by atoms with Crippen molar-refractivity contribution in [2.45, 2.75) is 71.1 Å². The number of hydrogen-bond donors (Lipinski definition) is 0. The highest BCUT2D eigenvalue weighted by atomic mass is 16.5. The Morgan fingerprint density at radius 3 is 2.35 bits per heavy atom. The van der Waals surface area contributed by atoms with Crippen molar-refractivity contribution >= 4 is 5.97 Å². The van der Waals surface area contributed by atoms with Crippen LogP contribution in [0, 0.1) is 22.7 Å². The molecule has 0 N–H and O–H groups in total. The molecule has 1 saturated carbocycles. The zero-order valence-electron chi connectivity index (χ0n) is 14.1. The molecule has 0 amide bonds. The van der Waals surface area contributed by atoms with Crippen molar-refractivity contribution in [1.29, 1.82) is 10.5 Å². The van der Waals surface area contributed by atoms with Gasteiger partial charge in [0.15, 0.2) is 0 Å². The third-order valence-corrected chi connectivity index (χ3v) is 4.09. The molecule has 2 aliphatic carbocycles. The Kier molecular flexibility index (Phi) is 9.48. The highest BCUT2D eigenvalue weighted by Gasteiger charge is 2.17. The molecule has 4 nitrogen and oxygen atoms in total. The number of carbonyl (C=O) groups excluding carboxylic acids is 1. The van der Waals surface area contributed by atoms with E-state index < -0.39 is 5.97 Å². The summed E-state index contributed by atoms with van der Waals surface area (Å²) in [5.41, 5.74) is 2.58. The van der Waals surface area contributed by atoms with E-state index in [1.807, 2.05) is 6.07 Å². The molecule has 4 heteroatoms. The molecule has 0 aromatic rings. The van der Waals surface area contributed by atoms with Gasteiger partial charge < -0.3 is 4.74 Å². The van der Waals surface area contributed by atoms with Crippen LogP contribution in [-0.2, 0) is 9.53 Å². The first-order valence-corrected chi connectivity index (χ1v) is 8.57. The standard InChI is InChI=1S/C11H15NO2.C8H11N/c1-2-14-11(13)10(8-12)9-6-4-3-5-7-9;9-7-6-8-4-2-1-3-5-8/h2-7H2,1H3;4H,1-3,5-6H2. The largest absolute Gasteiger partial charge is 0.462 e. The van der Waals surface area contributed by atoms with Gasteiger partial charge in [-0.2, -0.15) is 10.5 Å². The minimum Gasteiger partial charge on any atom is -0.462 e. The Balaban J connectivity index is 0.000000253. The normalized spacial score (nSPS) is 16.8. The topological polar surface area (TPSA) is 73.9 Å². The molecule has 23 heavy (non-hydrogen) atoms. The molecule has 0 spiro atoms. The second-order valence-corrected chi connectivity index (χ2v) is 5.81. The summed E-state index contributed by atoms with van der Waals surface area (Å²) >= 11 is 0. The Morgan fingerprint density at radius 1 is 1.13 bits per heavy atom. The molecule has 0 heterocycles. The second-order valence-electron chi connectivity index (χ2n) is 5.81. The number of esters is 1. The van der Waals surface area contributed by atoms with Crippen LogP contribution in [0.25, 0.3) is 0 Å². The van der Waals surface area contributed by atoms with Gasteiger partial charge in [0.2, 0.25) is 0 Å². The van der Waals surface area contributed by atoms with Crippen molar-refractivity contribution in [3.05, 3.63) is 22.8 Å². The van der Waals surface area contributed by atoms with Crippen LogP contribution in [0.15, 0.2) is 22.8 Å². The number of rotatable bonds is 3. The molecule has 0 aliphatic heterocycles. The summed E-state index contributed by atoms with van der Waals surface area (Å²) in [5, 5.41) is 17.2. The summed E-state index contributed by atoms with van der Waals surface area (Å²) < 4.78 is 4.83. The molecular formula is C19H26N2O2. The Labute approximate surface area is 139 Å². The van der Waals surface area contributed by atoms with E-state index >= 15 is 0 Å². The molecule has 124 valence electrons. The van der Waals surface area contributed by atoms with Crippen molar-refractivity contribution in [3.63, 3.8) is 0 Å². The van der Waals surface area contributed by atoms with Crippen LogP contribution in [0.3, 0.4) is 0 Å². The molecular weight excluding hydrogens is 288 g/mol. The van der Waals surface area contributed by atoms with Crippen LogP contribution in [0.2, 0.25) is 0 Å². The highest BCUT2D eigenvalue weighted by Crippen LogP contribution is 2.26. The van der Waals surface area contributed by atoms with Crippen LogP contribution >= 0.6 is 0 Å². The first-order chi connectivity index (χ1) is 11.2.